The molecule has 3 unspecified atom stereocenters. The lowest BCUT2D eigenvalue weighted by atomic mass is 9.66. The maximum absolute atomic E-state index is 5.52. The van der Waals surface area contributed by atoms with Crippen LogP contribution >= 0.6 is 0 Å². The molecule has 2 aliphatic carbocycles. The number of rotatable bonds is 1. The van der Waals surface area contributed by atoms with E-state index in [1.54, 1.807) is 18.2 Å². The minimum atomic E-state index is 0.450. The second kappa shape index (κ2) is 4.54. The van der Waals surface area contributed by atoms with E-state index in [2.05, 4.69) is 32.9 Å². The van der Waals surface area contributed by atoms with Gasteiger partial charge in [0.1, 0.15) is 5.75 Å². The Morgan fingerprint density at radius 3 is 2.68 bits per heavy atom. The minimum Gasteiger partial charge on any atom is -0.497 e. The molecular weight excluding hydrogens is 232 g/mol. The van der Waals surface area contributed by atoms with Crippen LogP contribution < -0.4 is 4.74 Å². The highest BCUT2D eigenvalue weighted by atomic mass is 16.5. The molecule has 3 rings (SSSR count). The van der Waals surface area contributed by atoms with E-state index in [1.165, 1.54) is 37.7 Å². The molecule has 1 aromatic rings. The van der Waals surface area contributed by atoms with Gasteiger partial charge in [-0.2, -0.15) is 0 Å². The van der Waals surface area contributed by atoms with Crippen molar-refractivity contribution in [1.82, 2.24) is 0 Å². The van der Waals surface area contributed by atoms with Crippen LogP contribution in [0.4, 0.5) is 0 Å². The average molecular weight is 258 g/mol. The summed E-state index contributed by atoms with van der Waals surface area (Å²) in [5.41, 5.74) is 5.11. The second-order valence-corrected chi connectivity index (χ2v) is 6.99. The van der Waals surface area contributed by atoms with Gasteiger partial charge < -0.3 is 4.74 Å². The van der Waals surface area contributed by atoms with Crippen LogP contribution in [-0.2, 0) is 5.41 Å². The predicted molar refractivity (Wildman–Crippen MR) is 80.1 cm³/mol. The van der Waals surface area contributed by atoms with Crippen molar-refractivity contribution in [3.05, 3.63) is 28.8 Å². The Balaban J connectivity index is 2.12. The summed E-state index contributed by atoms with van der Waals surface area (Å²) in [6.45, 7) is 7.09. The molecule has 1 fully saturated rings. The molecule has 0 saturated heterocycles. The summed E-state index contributed by atoms with van der Waals surface area (Å²) in [7, 11) is 1.79. The van der Waals surface area contributed by atoms with E-state index in [9.17, 15) is 0 Å². The Labute approximate surface area is 117 Å². The van der Waals surface area contributed by atoms with Crippen LogP contribution in [0.1, 0.15) is 68.6 Å². The number of aryl methyl sites for hydroxylation is 1. The first-order valence-electron chi connectivity index (χ1n) is 7.75. The fourth-order valence-electron chi connectivity index (χ4n) is 4.86. The van der Waals surface area contributed by atoms with Crippen molar-refractivity contribution in [3.63, 3.8) is 0 Å². The van der Waals surface area contributed by atoms with Crippen LogP contribution in [0.2, 0.25) is 0 Å². The fourth-order valence-corrected chi connectivity index (χ4v) is 4.86. The van der Waals surface area contributed by atoms with E-state index in [0.29, 0.717) is 11.3 Å². The number of hydrogen-bond donors (Lipinski definition) is 0. The van der Waals surface area contributed by atoms with Gasteiger partial charge in [-0.15, -0.1) is 0 Å². The van der Waals surface area contributed by atoms with E-state index in [4.69, 9.17) is 4.74 Å². The van der Waals surface area contributed by atoms with E-state index in [1.807, 2.05) is 0 Å². The molecule has 3 atom stereocenters. The van der Waals surface area contributed by atoms with Crippen LogP contribution in [0.15, 0.2) is 12.1 Å². The second-order valence-electron chi connectivity index (χ2n) is 6.99. The van der Waals surface area contributed by atoms with Gasteiger partial charge >= 0.3 is 0 Å². The summed E-state index contributed by atoms with van der Waals surface area (Å²) in [5.74, 6) is 2.63. The molecular formula is C18H26O. The van der Waals surface area contributed by atoms with Crippen molar-refractivity contribution in [1.29, 1.82) is 0 Å². The monoisotopic (exact) mass is 258 g/mol. The Hall–Kier alpha value is -0.980. The molecule has 19 heavy (non-hydrogen) atoms. The fraction of sp³-hybridized carbons (Fsp3) is 0.667. The number of hydrogen-bond acceptors (Lipinski definition) is 1. The van der Waals surface area contributed by atoms with Gasteiger partial charge in [-0.3, -0.25) is 0 Å². The maximum atomic E-state index is 5.52. The molecule has 0 amide bonds. The zero-order valence-corrected chi connectivity index (χ0v) is 12.8. The normalized spacial score (nSPS) is 33.5. The molecule has 0 radical (unpaired) electrons. The molecule has 1 aromatic carbocycles. The number of fused-ring (bicyclic) bond motifs is 2. The van der Waals surface area contributed by atoms with Gasteiger partial charge in [0.15, 0.2) is 0 Å². The molecule has 1 heteroatoms. The Morgan fingerprint density at radius 1 is 1.21 bits per heavy atom. The zero-order valence-electron chi connectivity index (χ0n) is 12.8. The summed E-state index contributed by atoms with van der Waals surface area (Å²) < 4.78 is 5.52. The third kappa shape index (κ3) is 1.98. The Kier molecular flexibility index (Phi) is 3.11. The molecule has 0 aliphatic heterocycles. The quantitative estimate of drug-likeness (QED) is 0.692. The molecule has 0 bridgehead atoms. The van der Waals surface area contributed by atoms with Gasteiger partial charge in [-0.25, -0.2) is 0 Å². The lowest BCUT2D eigenvalue weighted by Gasteiger charge is -2.38. The lowest BCUT2D eigenvalue weighted by Crippen LogP contribution is -2.30. The van der Waals surface area contributed by atoms with E-state index < -0.39 is 0 Å². The van der Waals surface area contributed by atoms with Crippen molar-refractivity contribution in [2.24, 2.45) is 5.92 Å². The minimum absolute atomic E-state index is 0.450. The summed E-state index contributed by atoms with van der Waals surface area (Å²) in [6.07, 6.45) is 6.90. The molecule has 2 aliphatic rings. The largest absolute Gasteiger partial charge is 0.497 e. The van der Waals surface area contributed by atoms with Gasteiger partial charge in [0.2, 0.25) is 0 Å². The van der Waals surface area contributed by atoms with Crippen LogP contribution in [0.3, 0.4) is 0 Å². The van der Waals surface area contributed by atoms with Crippen molar-refractivity contribution >= 4 is 0 Å². The molecule has 1 nitrogen and oxygen atoms in total. The smallest absolute Gasteiger partial charge is 0.119 e. The van der Waals surface area contributed by atoms with Crippen LogP contribution in [-0.4, -0.2) is 7.11 Å². The van der Waals surface area contributed by atoms with Crippen LogP contribution in [0.5, 0.6) is 5.75 Å². The van der Waals surface area contributed by atoms with Crippen LogP contribution in [0.25, 0.3) is 0 Å². The van der Waals surface area contributed by atoms with E-state index in [-0.39, 0.29) is 0 Å². The first-order chi connectivity index (χ1) is 9.05. The predicted octanol–water partition coefficient (Wildman–Crippen LogP) is 4.96. The first kappa shape index (κ1) is 13.0. The van der Waals surface area contributed by atoms with Crippen LogP contribution in [0, 0.1) is 12.8 Å². The number of methoxy groups -OCH3 is 1. The molecule has 1 spiro atoms. The van der Waals surface area contributed by atoms with Gasteiger partial charge in [0.05, 0.1) is 7.11 Å². The summed E-state index contributed by atoms with van der Waals surface area (Å²) in [6, 6.07) is 4.55. The third-order valence-electron chi connectivity index (χ3n) is 5.45. The van der Waals surface area contributed by atoms with Crippen molar-refractivity contribution < 1.29 is 4.74 Å². The van der Waals surface area contributed by atoms with Gasteiger partial charge in [-0.1, -0.05) is 26.7 Å². The summed E-state index contributed by atoms with van der Waals surface area (Å²) >= 11 is 0. The SMILES string of the molecule is COc1cc(C)c2c(c1)C1(CCCC(C)C1)CC2C. The maximum Gasteiger partial charge on any atom is 0.119 e. The third-order valence-corrected chi connectivity index (χ3v) is 5.45. The van der Waals surface area contributed by atoms with E-state index in [0.717, 1.165) is 11.7 Å². The molecule has 1 saturated carbocycles. The Bertz CT molecular complexity index is 491. The van der Waals surface area contributed by atoms with Gasteiger partial charge in [0, 0.05) is 0 Å². The van der Waals surface area contributed by atoms with E-state index >= 15 is 0 Å². The number of ether oxygens (including phenoxy) is 1. The van der Waals surface area contributed by atoms with Crippen molar-refractivity contribution in [2.45, 2.75) is 64.2 Å². The highest BCUT2D eigenvalue weighted by Crippen LogP contribution is 2.56. The summed E-state index contributed by atoms with van der Waals surface area (Å²) in [4.78, 5) is 0. The average Bonchev–Trinajstić information content (AvgIpc) is 2.62. The topological polar surface area (TPSA) is 9.23 Å². The first-order valence-corrected chi connectivity index (χ1v) is 7.75. The molecule has 0 N–H and O–H groups in total. The van der Waals surface area contributed by atoms with Gasteiger partial charge in [0.25, 0.3) is 0 Å². The highest BCUT2D eigenvalue weighted by Gasteiger charge is 2.45. The highest BCUT2D eigenvalue weighted by molar-refractivity contribution is 5.51. The van der Waals surface area contributed by atoms with Crippen molar-refractivity contribution in [2.75, 3.05) is 7.11 Å². The molecule has 104 valence electrons. The zero-order chi connectivity index (χ0) is 13.6. The molecule has 0 aromatic heterocycles. The Morgan fingerprint density at radius 2 is 2.00 bits per heavy atom. The molecule has 0 heterocycles. The lowest BCUT2D eigenvalue weighted by molar-refractivity contribution is 0.225. The standard InChI is InChI=1S/C18H26O/c1-12-6-5-7-18(10-12)11-14(3)17-13(2)8-15(19-4)9-16(17)18/h8-9,12,14H,5-7,10-11H2,1-4H3. The van der Waals surface area contributed by atoms with Crippen molar-refractivity contribution in [3.8, 4) is 5.75 Å². The number of benzene rings is 1. The van der Waals surface area contributed by atoms with Gasteiger partial charge in [-0.05, 0) is 72.3 Å². The summed E-state index contributed by atoms with van der Waals surface area (Å²) in [5, 5.41) is 0.